The van der Waals surface area contributed by atoms with Gasteiger partial charge in [0.2, 0.25) is 11.8 Å². The third kappa shape index (κ3) is 3.32. The van der Waals surface area contributed by atoms with Crippen molar-refractivity contribution in [2.45, 2.75) is 52.0 Å². The molecule has 114 valence electrons. The fourth-order valence-corrected chi connectivity index (χ4v) is 2.66. The zero-order chi connectivity index (χ0) is 14.8. The Bertz CT molecular complexity index is 367. The first kappa shape index (κ1) is 15.3. The van der Waals surface area contributed by atoms with Gasteiger partial charge in [0.05, 0.1) is 5.41 Å². The summed E-state index contributed by atoms with van der Waals surface area (Å²) in [7, 11) is 0. The van der Waals surface area contributed by atoms with E-state index in [1.54, 1.807) is 0 Å². The molecule has 20 heavy (non-hydrogen) atoms. The van der Waals surface area contributed by atoms with E-state index < -0.39 is 5.41 Å². The molecule has 5 nitrogen and oxygen atoms in total. The highest BCUT2D eigenvalue weighted by molar-refractivity contribution is 5.83. The molecule has 1 aliphatic heterocycles. The molecule has 0 aromatic heterocycles. The highest BCUT2D eigenvalue weighted by Crippen LogP contribution is 2.29. The lowest BCUT2D eigenvalue weighted by molar-refractivity contribution is -0.142. The Morgan fingerprint density at radius 2 is 1.85 bits per heavy atom. The first-order chi connectivity index (χ1) is 9.50. The number of nitrogens with zero attached hydrogens (tertiary/aromatic N) is 1. The van der Waals surface area contributed by atoms with Gasteiger partial charge < -0.3 is 16.0 Å². The average Bonchev–Trinajstić information content (AvgIpc) is 3.31. The Hall–Kier alpha value is -1.10. The Balaban J connectivity index is 1.81. The van der Waals surface area contributed by atoms with E-state index in [1.807, 2.05) is 18.7 Å². The maximum atomic E-state index is 12.5. The third-order valence-electron chi connectivity index (χ3n) is 4.82. The zero-order valence-corrected chi connectivity index (χ0v) is 12.7. The molecule has 0 aromatic carbocycles. The maximum Gasteiger partial charge on any atom is 0.229 e. The minimum atomic E-state index is -0.440. The Kier molecular flexibility index (Phi) is 4.68. The average molecular weight is 281 g/mol. The summed E-state index contributed by atoms with van der Waals surface area (Å²) in [6.45, 7) is 5.79. The Labute approximate surface area is 121 Å². The number of nitrogens with two attached hydrogens (primary N) is 1. The minimum Gasteiger partial charge on any atom is -0.353 e. The largest absolute Gasteiger partial charge is 0.353 e. The highest BCUT2D eigenvalue weighted by Gasteiger charge is 2.36. The fourth-order valence-electron chi connectivity index (χ4n) is 2.66. The molecular weight excluding hydrogens is 254 g/mol. The van der Waals surface area contributed by atoms with Gasteiger partial charge in [-0.15, -0.1) is 0 Å². The predicted molar refractivity (Wildman–Crippen MR) is 77.9 cm³/mol. The standard InChI is InChI=1S/C15H27N3O2/c1-3-15(2,10-16)14(20)18-8-6-12(7-9-18)17-13(19)11-4-5-11/h11-12H,3-10,16H2,1-2H3,(H,17,19). The summed E-state index contributed by atoms with van der Waals surface area (Å²) in [5.74, 6) is 0.625. The van der Waals surface area contributed by atoms with E-state index in [-0.39, 0.29) is 23.8 Å². The van der Waals surface area contributed by atoms with Crippen LogP contribution in [-0.4, -0.2) is 42.4 Å². The van der Waals surface area contributed by atoms with Gasteiger partial charge in [-0.05, 0) is 39.0 Å². The van der Waals surface area contributed by atoms with Crippen molar-refractivity contribution in [2.24, 2.45) is 17.1 Å². The molecule has 5 heteroatoms. The van der Waals surface area contributed by atoms with E-state index >= 15 is 0 Å². The van der Waals surface area contributed by atoms with E-state index in [0.29, 0.717) is 6.54 Å². The molecule has 2 aliphatic rings. The van der Waals surface area contributed by atoms with Crippen LogP contribution in [0, 0.1) is 11.3 Å². The molecule has 1 aliphatic carbocycles. The summed E-state index contributed by atoms with van der Waals surface area (Å²) in [4.78, 5) is 26.1. The number of nitrogens with one attached hydrogen (secondary N) is 1. The van der Waals surface area contributed by atoms with Gasteiger partial charge >= 0.3 is 0 Å². The van der Waals surface area contributed by atoms with Gasteiger partial charge in [0, 0.05) is 31.6 Å². The van der Waals surface area contributed by atoms with Crippen LogP contribution in [0.4, 0.5) is 0 Å². The van der Waals surface area contributed by atoms with E-state index in [1.165, 1.54) is 0 Å². The molecule has 0 spiro atoms. The van der Waals surface area contributed by atoms with Gasteiger partial charge in [-0.1, -0.05) is 6.92 Å². The summed E-state index contributed by atoms with van der Waals surface area (Å²) in [5, 5.41) is 3.11. The third-order valence-corrected chi connectivity index (χ3v) is 4.82. The van der Waals surface area contributed by atoms with Crippen LogP contribution < -0.4 is 11.1 Å². The molecule has 2 rings (SSSR count). The van der Waals surface area contributed by atoms with Crippen molar-refractivity contribution < 1.29 is 9.59 Å². The summed E-state index contributed by atoms with van der Waals surface area (Å²) in [5.41, 5.74) is 5.31. The molecule has 0 radical (unpaired) electrons. The molecule has 1 saturated carbocycles. The van der Waals surface area contributed by atoms with Gasteiger partial charge in [0.15, 0.2) is 0 Å². The minimum absolute atomic E-state index is 0.162. The van der Waals surface area contributed by atoms with Crippen molar-refractivity contribution in [1.29, 1.82) is 0 Å². The number of amides is 2. The lowest BCUT2D eigenvalue weighted by atomic mass is 9.85. The monoisotopic (exact) mass is 281 g/mol. The van der Waals surface area contributed by atoms with Crippen molar-refractivity contribution in [1.82, 2.24) is 10.2 Å². The van der Waals surface area contributed by atoms with Crippen LogP contribution in [-0.2, 0) is 9.59 Å². The predicted octanol–water partition coefficient (Wildman–Crippen LogP) is 0.879. The van der Waals surface area contributed by atoms with E-state index in [0.717, 1.165) is 45.2 Å². The molecule has 2 fully saturated rings. The number of carbonyl (C=O) groups excluding carboxylic acids is 2. The summed E-state index contributed by atoms with van der Waals surface area (Å²) >= 11 is 0. The summed E-state index contributed by atoms with van der Waals surface area (Å²) in [6, 6.07) is 0.234. The normalized spacial score (nSPS) is 23.2. The van der Waals surface area contributed by atoms with Crippen LogP contribution in [0.3, 0.4) is 0 Å². The van der Waals surface area contributed by atoms with Crippen molar-refractivity contribution in [3.63, 3.8) is 0 Å². The second kappa shape index (κ2) is 6.12. The van der Waals surface area contributed by atoms with Crippen LogP contribution in [0.2, 0.25) is 0 Å². The van der Waals surface area contributed by atoms with Crippen LogP contribution in [0.1, 0.15) is 46.0 Å². The first-order valence-electron chi connectivity index (χ1n) is 7.80. The summed E-state index contributed by atoms with van der Waals surface area (Å²) < 4.78 is 0. The Morgan fingerprint density at radius 3 is 2.30 bits per heavy atom. The molecule has 1 atom stereocenters. The number of hydrogen-bond donors (Lipinski definition) is 2. The van der Waals surface area contributed by atoms with Crippen molar-refractivity contribution in [2.75, 3.05) is 19.6 Å². The van der Waals surface area contributed by atoms with Gasteiger partial charge in [-0.3, -0.25) is 9.59 Å². The second-order valence-corrected chi connectivity index (χ2v) is 6.47. The molecule has 0 aromatic rings. The fraction of sp³-hybridized carbons (Fsp3) is 0.867. The van der Waals surface area contributed by atoms with Crippen molar-refractivity contribution in [3.05, 3.63) is 0 Å². The number of hydrogen-bond acceptors (Lipinski definition) is 3. The second-order valence-electron chi connectivity index (χ2n) is 6.47. The molecule has 1 unspecified atom stereocenters. The maximum absolute atomic E-state index is 12.5. The van der Waals surface area contributed by atoms with E-state index in [9.17, 15) is 9.59 Å². The van der Waals surface area contributed by atoms with E-state index in [4.69, 9.17) is 5.73 Å². The quantitative estimate of drug-likeness (QED) is 0.785. The van der Waals surface area contributed by atoms with Gasteiger partial charge in [-0.2, -0.15) is 0 Å². The number of piperidine rings is 1. The van der Waals surface area contributed by atoms with Crippen molar-refractivity contribution >= 4 is 11.8 Å². The smallest absolute Gasteiger partial charge is 0.229 e. The molecule has 1 heterocycles. The van der Waals surface area contributed by atoms with Crippen LogP contribution in [0.5, 0.6) is 0 Å². The molecular formula is C15H27N3O2. The highest BCUT2D eigenvalue weighted by atomic mass is 16.2. The number of rotatable bonds is 5. The lowest BCUT2D eigenvalue weighted by Crippen LogP contribution is -2.52. The van der Waals surface area contributed by atoms with Crippen LogP contribution in [0.15, 0.2) is 0 Å². The van der Waals surface area contributed by atoms with Gasteiger partial charge in [0.1, 0.15) is 0 Å². The van der Waals surface area contributed by atoms with Crippen LogP contribution in [0.25, 0.3) is 0 Å². The number of likely N-dealkylation sites (tertiary alicyclic amines) is 1. The topological polar surface area (TPSA) is 75.4 Å². The zero-order valence-electron chi connectivity index (χ0n) is 12.7. The molecule has 2 amide bonds. The van der Waals surface area contributed by atoms with E-state index in [2.05, 4.69) is 5.32 Å². The van der Waals surface area contributed by atoms with Crippen molar-refractivity contribution in [3.8, 4) is 0 Å². The molecule has 0 bridgehead atoms. The lowest BCUT2D eigenvalue weighted by Gasteiger charge is -2.38. The van der Waals surface area contributed by atoms with Crippen LogP contribution >= 0.6 is 0 Å². The first-order valence-corrected chi connectivity index (χ1v) is 7.80. The molecule has 1 saturated heterocycles. The van der Waals surface area contributed by atoms with Gasteiger partial charge in [0.25, 0.3) is 0 Å². The number of carbonyl (C=O) groups is 2. The summed E-state index contributed by atoms with van der Waals surface area (Å²) in [6.07, 6.45) is 4.55. The SMILES string of the molecule is CCC(C)(CN)C(=O)N1CCC(NC(=O)C2CC2)CC1. The Morgan fingerprint density at radius 1 is 1.25 bits per heavy atom. The van der Waals surface area contributed by atoms with Gasteiger partial charge in [-0.25, -0.2) is 0 Å². The molecule has 3 N–H and O–H groups in total.